The number of benzene rings is 1. The van der Waals surface area contributed by atoms with Crippen molar-refractivity contribution < 1.29 is 4.74 Å². The molecule has 0 amide bonds. The van der Waals surface area contributed by atoms with Crippen molar-refractivity contribution in [1.29, 1.82) is 0 Å². The molecule has 0 spiro atoms. The number of hydrogen-bond donors (Lipinski definition) is 1. The van der Waals surface area contributed by atoms with Gasteiger partial charge in [0.05, 0.1) is 6.33 Å². The van der Waals surface area contributed by atoms with Gasteiger partial charge in [0, 0.05) is 12.2 Å². The molecule has 0 aliphatic rings. The summed E-state index contributed by atoms with van der Waals surface area (Å²) in [6.45, 7) is 9.52. The largest absolute Gasteiger partial charge is 0.374 e. The standard InChI is InChI=1S/C19H22N6O/c1-5-26-10-14-22-17-15(20-11-21-17)18-23-16(24-25(14)18)12-6-8-13(9-7-12)19(2,3)4/h6-9,11H,5,10H2,1-4H3,(H,20,21). The van der Waals surface area contributed by atoms with Gasteiger partial charge in [-0.05, 0) is 17.9 Å². The first-order valence-corrected chi connectivity index (χ1v) is 8.75. The normalized spacial score (nSPS) is 12.3. The van der Waals surface area contributed by atoms with Crippen LogP contribution in [0.4, 0.5) is 0 Å². The summed E-state index contributed by atoms with van der Waals surface area (Å²) in [7, 11) is 0. The van der Waals surface area contributed by atoms with E-state index in [9.17, 15) is 0 Å². The van der Waals surface area contributed by atoms with E-state index in [-0.39, 0.29) is 5.41 Å². The van der Waals surface area contributed by atoms with Crippen LogP contribution in [0.1, 0.15) is 39.1 Å². The molecule has 3 heterocycles. The van der Waals surface area contributed by atoms with Crippen LogP contribution in [-0.2, 0) is 16.8 Å². The third-order valence-corrected chi connectivity index (χ3v) is 4.37. The Morgan fingerprint density at radius 1 is 1.12 bits per heavy atom. The van der Waals surface area contributed by atoms with Crippen LogP contribution in [0.2, 0.25) is 0 Å². The molecule has 4 aromatic rings. The molecule has 4 rings (SSSR count). The van der Waals surface area contributed by atoms with Gasteiger partial charge in [-0.15, -0.1) is 5.10 Å². The zero-order valence-electron chi connectivity index (χ0n) is 15.4. The number of H-pyrrole nitrogens is 1. The van der Waals surface area contributed by atoms with Crippen molar-refractivity contribution in [1.82, 2.24) is 29.5 Å². The average molecular weight is 350 g/mol. The Labute approximate surface area is 151 Å². The molecule has 0 radical (unpaired) electrons. The van der Waals surface area contributed by atoms with Gasteiger partial charge in [0.2, 0.25) is 0 Å². The fourth-order valence-electron chi connectivity index (χ4n) is 2.89. The summed E-state index contributed by atoms with van der Waals surface area (Å²) >= 11 is 0. The molecule has 1 N–H and O–H groups in total. The van der Waals surface area contributed by atoms with Crippen molar-refractivity contribution in [3.63, 3.8) is 0 Å². The van der Waals surface area contributed by atoms with Gasteiger partial charge in [-0.2, -0.15) is 4.52 Å². The van der Waals surface area contributed by atoms with Crippen molar-refractivity contribution in [3.8, 4) is 11.4 Å². The minimum Gasteiger partial charge on any atom is -0.374 e. The number of rotatable bonds is 4. The first-order valence-electron chi connectivity index (χ1n) is 8.75. The van der Waals surface area contributed by atoms with Gasteiger partial charge in [-0.1, -0.05) is 45.0 Å². The number of nitrogens with zero attached hydrogens (tertiary/aromatic N) is 5. The predicted molar refractivity (Wildman–Crippen MR) is 99.9 cm³/mol. The lowest BCUT2D eigenvalue weighted by atomic mass is 9.87. The highest BCUT2D eigenvalue weighted by molar-refractivity contribution is 5.85. The molecule has 134 valence electrons. The molecule has 0 atom stereocenters. The second kappa shape index (κ2) is 6.17. The van der Waals surface area contributed by atoms with E-state index in [0.717, 1.165) is 11.1 Å². The average Bonchev–Trinajstić information content (AvgIpc) is 3.25. The molecule has 0 saturated carbocycles. The van der Waals surface area contributed by atoms with Gasteiger partial charge in [-0.25, -0.2) is 15.0 Å². The Kier molecular flexibility index (Phi) is 3.96. The van der Waals surface area contributed by atoms with Gasteiger partial charge in [0.25, 0.3) is 0 Å². The van der Waals surface area contributed by atoms with E-state index < -0.39 is 0 Å². The highest BCUT2D eigenvalue weighted by Gasteiger charge is 2.17. The van der Waals surface area contributed by atoms with Gasteiger partial charge in [-0.3, -0.25) is 0 Å². The minimum absolute atomic E-state index is 0.113. The van der Waals surface area contributed by atoms with E-state index in [2.05, 4.69) is 65.1 Å². The highest BCUT2D eigenvalue weighted by Crippen LogP contribution is 2.26. The Bertz CT molecular complexity index is 1060. The van der Waals surface area contributed by atoms with E-state index in [1.165, 1.54) is 5.56 Å². The van der Waals surface area contributed by atoms with Crippen molar-refractivity contribution in [2.24, 2.45) is 0 Å². The number of aromatic nitrogens is 6. The highest BCUT2D eigenvalue weighted by atomic mass is 16.5. The quantitative estimate of drug-likeness (QED) is 0.609. The van der Waals surface area contributed by atoms with E-state index in [1.54, 1.807) is 10.8 Å². The second-order valence-corrected chi connectivity index (χ2v) is 7.26. The van der Waals surface area contributed by atoms with E-state index >= 15 is 0 Å². The number of hydrogen-bond acceptors (Lipinski definition) is 5. The third kappa shape index (κ3) is 2.84. The summed E-state index contributed by atoms with van der Waals surface area (Å²) in [6.07, 6.45) is 1.62. The molecule has 0 fully saturated rings. The van der Waals surface area contributed by atoms with Gasteiger partial charge >= 0.3 is 0 Å². The number of fused-ring (bicyclic) bond motifs is 3. The second-order valence-electron chi connectivity index (χ2n) is 7.26. The minimum atomic E-state index is 0.113. The van der Waals surface area contributed by atoms with Crippen molar-refractivity contribution in [3.05, 3.63) is 42.0 Å². The van der Waals surface area contributed by atoms with Crippen molar-refractivity contribution in [2.45, 2.75) is 39.7 Å². The summed E-state index contributed by atoms with van der Waals surface area (Å²) in [5, 5.41) is 4.67. The lowest BCUT2D eigenvalue weighted by molar-refractivity contribution is 0.127. The molecule has 0 aliphatic heterocycles. The smallest absolute Gasteiger partial charge is 0.185 e. The molecular weight excluding hydrogens is 328 g/mol. The molecule has 0 bridgehead atoms. The maximum atomic E-state index is 5.53. The lowest BCUT2D eigenvalue weighted by Crippen LogP contribution is -2.10. The monoisotopic (exact) mass is 350 g/mol. The van der Waals surface area contributed by atoms with Gasteiger partial charge in [0.15, 0.2) is 22.9 Å². The molecule has 1 aromatic carbocycles. The van der Waals surface area contributed by atoms with Crippen LogP contribution in [-0.4, -0.2) is 36.2 Å². The summed E-state index contributed by atoms with van der Waals surface area (Å²) in [4.78, 5) is 16.6. The van der Waals surface area contributed by atoms with Crippen molar-refractivity contribution >= 4 is 16.8 Å². The van der Waals surface area contributed by atoms with Crippen LogP contribution >= 0.6 is 0 Å². The topological polar surface area (TPSA) is 81.0 Å². The van der Waals surface area contributed by atoms with Crippen LogP contribution in [0.25, 0.3) is 28.2 Å². The van der Waals surface area contributed by atoms with Crippen LogP contribution in [0.3, 0.4) is 0 Å². The van der Waals surface area contributed by atoms with E-state index in [0.29, 0.717) is 36.2 Å². The third-order valence-electron chi connectivity index (χ3n) is 4.37. The predicted octanol–water partition coefficient (Wildman–Crippen LogP) is 3.50. The summed E-state index contributed by atoms with van der Waals surface area (Å²) in [5.41, 5.74) is 4.46. The molecular formula is C19H22N6O. The summed E-state index contributed by atoms with van der Waals surface area (Å²) < 4.78 is 7.27. The fourth-order valence-corrected chi connectivity index (χ4v) is 2.89. The number of ether oxygens (including phenoxy) is 1. The number of aromatic amines is 1. The van der Waals surface area contributed by atoms with Crippen LogP contribution in [0.15, 0.2) is 30.6 Å². The zero-order valence-corrected chi connectivity index (χ0v) is 15.4. The Hall–Kier alpha value is -2.80. The molecule has 0 unspecified atom stereocenters. The fraction of sp³-hybridized carbons (Fsp3) is 0.368. The zero-order chi connectivity index (χ0) is 18.3. The Balaban J connectivity index is 1.84. The van der Waals surface area contributed by atoms with Crippen molar-refractivity contribution in [2.75, 3.05) is 6.61 Å². The number of nitrogens with one attached hydrogen (secondary N) is 1. The molecule has 26 heavy (non-hydrogen) atoms. The maximum absolute atomic E-state index is 5.53. The van der Waals surface area contributed by atoms with Gasteiger partial charge in [0.1, 0.15) is 12.1 Å². The SMILES string of the molecule is CCOCc1nc2nc[nH]c2c2nc(-c3ccc(C(C)(C)C)cc3)nn12. The van der Waals surface area contributed by atoms with Crippen LogP contribution < -0.4 is 0 Å². The number of imidazole rings is 1. The molecule has 0 aliphatic carbocycles. The van der Waals surface area contributed by atoms with E-state index in [1.807, 2.05) is 6.92 Å². The van der Waals surface area contributed by atoms with Gasteiger partial charge < -0.3 is 9.72 Å². The molecule has 3 aromatic heterocycles. The Morgan fingerprint density at radius 3 is 2.58 bits per heavy atom. The summed E-state index contributed by atoms with van der Waals surface area (Å²) in [5.74, 6) is 1.35. The first kappa shape index (κ1) is 16.7. The Morgan fingerprint density at radius 2 is 1.88 bits per heavy atom. The lowest BCUT2D eigenvalue weighted by Gasteiger charge is -2.18. The van der Waals surface area contributed by atoms with E-state index in [4.69, 9.17) is 9.72 Å². The van der Waals surface area contributed by atoms with Crippen LogP contribution in [0, 0.1) is 0 Å². The van der Waals surface area contributed by atoms with Crippen LogP contribution in [0.5, 0.6) is 0 Å². The molecule has 0 saturated heterocycles. The molecule has 7 heteroatoms. The molecule has 7 nitrogen and oxygen atoms in total. The first-order chi connectivity index (χ1) is 12.5. The maximum Gasteiger partial charge on any atom is 0.185 e. The summed E-state index contributed by atoms with van der Waals surface area (Å²) in [6, 6.07) is 8.39.